The van der Waals surface area contributed by atoms with Crippen LogP contribution in [-0.4, -0.2) is 56.4 Å². The molecule has 0 saturated heterocycles. The zero-order valence-corrected chi connectivity index (χ0v) is 16.5. The number of hydrogen-bond acceptors (Lipinski definition) is 6. The van der Waals surface area contributed by atoms with Crippen molar-refractivity contribution in [1.82, 2.24) is 16.0 Å². The predicted octanol–water partition coefficient (Wildman–Crippen LogP) is 0.134. The number of amides is 4. The fourth-order valence-corrected chi connectivity index (χ4v) is 3.40. The van der Waals surface area contributed by atoms with Crippen molar-refractivity contribution in [3.05, 3.63) is 46.7 Å². The first kappa shape index (κ1) is 20.3. The first-order valence-electron chi connectivity index (χ1n) is 8.85. The molecular weight excluding hydrogens is 396 g/mol. The van der Waals surface area contributed by atoms with Gasteiger partial charge in [-0.1, -0.05) is 18.2 Å². The van der Waals surface area contributed by atoms with Crippen molar-refractivity contribution >= 4 is 40.7 Å². The smallest absolute Gasteiger partial charge is 0.262 e. The number of carbonyl (C=O) groups excluding carboxylic acids is 4. The lowest BCUT2D eigenvalue weighted by atomic mass is 10.1. The molecular formula is C19H20N4O5S. The third-order valence-electron chi connectivity index (χ3n) is 4.20. The van der Waals surface area contributed by atoms with Crippen molar-refractivity contribution in [1.29, 1.82) is 0 Å². The molecule has 2 aromatic rings. The third kappa shape index (κ3) is 4.91. The first-order chi connectivity index (χ1) is 14.0. The van der Waals surface area contributed by atoms with E-state index in [0.717, 1.165) is 0 Å². The van der Waals surface area contributed by atoms with Gasteiger partial charge < -0.3 is 25.6 Å². The molecule has 1 aliphatic rings. The van der Waals surface area contributed by atoms with E-state index in [9.17, 15) is 19.2 Å². The van der Waals surface area contributed by atoms with Gasteiger partial charge in [-0.05, 0) is 23.6 Å². The molecule has 10 heteroatoms. The first-order valence-corrected chi connectivity index (χ1v) is 9.73. The van der Waals surface area contributed by atoms with E-state index in [4.69, 9.17) is 4.74 Å². The lowest BCUT2D eigenvalue weighted by Gasteiger charge is -2.34. The molecule has 1 atom stereocenters. The fourth-order valence-electron chi connectivity index (χ4n) is 2.76. The van der Waals surface area contributed by atoms with Crippen LogP contribution in [-0.2, 0) is 14.4 Å². The molecule has 3 N–H and O–H groups in total. The van der Waals surface area contributed by atoms with Crippen molar-refractivity contribution in [2.45, 2.75) is 6.10 Å². The lowest BCUT2D eigenvalue weighted by Crippen LogP contribution is -2.52. The third-order valence-corrected chi connectivity index (χ3v) is 5.07. The summed E-state index contributed by atoms with van der Waals surface area (Å²) in [5, 5.41) is 9.25. The van der Waals surface area contributed by atoms with E-state index >= 15 is 0 Å². The van der Waals surface area contributed by atoms with E-state index in [1.54, 1.807) is 41.8 Å². The molecule has 0 unspecified atom stereocenters. The lowest BCUT2D eigenvalue weighted by molar-refractivity contribution is -0.128. The molecule has 3 rings (SSSR count). The Morgan fingerprint density at radius 1 is 1.10 bits per heavy atom. The van der Waals surface area contributed by atoms with Gasteiger partial charge in [0.25, 0.3) is 11.8 Å². The quantitative estimate of drug-likeness (QED) is 0.619. The van der Waals surface area contributed by atoms with Crippen LogP contribution in [0.1, 0.15) is 9.67 Å². The molecule has 0 saturated carbocycles. The second kappa shape index (κ2) is 9.20. The standard InChI is InChI=1S/C19H20N4O5S/c1-20-18(26)14-11-23(12-5-2-3-6-13(12)28-14)17(25)10-21-16(24)9-22-19(27)15-7-4-8-29-15/h2-8,14H,9-11H2,1H3,(H,20,26)(H,21,24)(H,22,27)/t14-/m1/s1. The molecule has 152 valence electrons. The van der Waals surface area contributed by atoms with Gasteiger partial charge in [0, 0.05) is 7.05 Å². The van der Waals surface area contributed by atoms with E-state index in [-0.39, 0.29) is 31.4 Å². The molecule has 29 heavy (non-hydrogen) atoms. The van der Waals surface area contributed by atoms with Crippen LogP contribution in [0.4, 0.5) is 5.69 Å². The van der Waals surface area contributed by atoms with Crippen molar-refractivity contribution in [3.8, 4) is 5.75 Å². The van der Waals surface area contributed by atoms with Crippen LogP contribution in [0.3, 0.4) is 0 Å². The molecule has 1 aromatic heterocycles. The molecule has 0 radical (unpaired) electrons. The summed E-state index contributed by atoms with van der Waals surface area (Å²) < 4.78 is 5.65. The zero-order chi connectivity index (χ0) is 20.8. The highest BCUT2D eigenvalue weighted by molar-refractivity contribution is 7.12. The summed E-state index contributed by atoms with van der Waals surface area (Å²) in [5.74, 6) is -1.18. The SMILES string of the molecule is CNC(=O)[C@H]1CN(C(=O)CNC(=O)CNC(=O)c2cccs2)c2ccccc2O1. The van der Waals surface area contributed by atoms with Gasteiger partial charge in [0.2, 0.25) is 11.8 Å². The normalized spacial score (nSPS) is 14.9. The summed E-state index contributed by atoms with van der Waals surface area (Å²) in [6.45, 7) is -0.492. The molecule has 2 heterocycles. The summed E-state index contributed by atoms with van der Waals surface area (Å²) in [5.41, 5.74) is 0.526. The van der Waals surface area contributed by atoms with Crippen LogP contribution in [0.2, 0.25) is 0 Å². The maximum atomic E-state index is 12.7. The number of ether oxygens (including phenoxy) is 1. The van der Waals surface area contributed by atoms with Gasteiger partial charge in [-0.15, -0.1) is 11.3 Å². The number of likely N-dealkylation sites (N-methyl/N-ethyl adjacent to an activating group) is 1. The minimum absolute atomic E-state index is 0.0283. The number of hydrogen-bond donors (Lipinski definition) is 3. The Morgan fingerprint density at radius 3 is 2.62 bits per heavy atom. The highest BCUT2D eigenvalue weighted by Crippen LogP contribution is 2.33. The zero-order valence-electron chi connectivity index (χ0n) is 15.6. The molecule has 9 nitrogen and oxygen atoms in total. The fraction of sp³-hybridized carbons (Fsp3) is 0.263. The van der Waals surface area contributed by atoms with Crippen molar-refractivity contribution in [3.63, 3.8) is 0 Å². The van der Waals surface area contributed by atoms with E-state index in [0.29, 0.717) is 16.3 Å². The molecule has 0 spiro atoms. The number of rotatable bonds is 6. The van der Waals surface area contributed by atoms with Crippen molar-refractivity contribution in [2.24, 2.45) is 0 Å². The van der Waals surface area contributed by atoms with E-state index in [2.05, 4.69) is 16.0 Å². The van der Waals surface area contributed by atoms with E-state index in [1.807, 2.05) is 0 Å². The highest BCUT2D eigenvalue weighted by atomic mass is 32.1. The Morgan fingerprint density at radius 2 is 1.90 bits per heavy atom. The van der Waals surface area contributed by atoms with Crippen LogP contribution in [0.15, 0.2) is 41.8 Å². The summed E-state index contributed by atoms with van der Waals surface area (Å²) in [6.07, 6.45) is -0.848. The largest absolute Gasteiger partial charge is 0.477 e. The van der Waals surface area contributed by atoms with E-state index < -0.39 is 17.9 Å². The molecule has 0 aliphatic carbocycles. The number of para-hydroxylation sites is 2. The van der Waals surface area contributed by atoms with Gasteiger partial charge >= 0.3 is 0 Å². The Hall–Kier alpha value is -3.40. The summed E-state index contributed by atoms with van der Waals surface area (Å²) >= 11 is 1.27. The second-order valence-electron chi connectivity index (χ2n) is 6.13. The highest BCUT2D eigenvalue weighted by Gasteiger charge is 2.33. The van der Waals surface area contributed by atoms with Crippen LogP contribution in [0.25, 0.3) is 0 Å². The van der Waals surface area contributed by atoms with Gasteiger partial charge in [0.1, 0.15) is 5.75 Å². The Balaban J connectivity index is 1.57. The molecule has 1 aliphatic heterocycles. The Kier molecular flexibility index (Phi) is 6.45. The summed E-state index contributed by atoms with van der Waals surface area (Å²) in [7, 11) is 1.49. The summed E-state index contributed by atoms with van der Waals surface area (Å²) in [4.78, 5) is 50.4. The molecule has 1 aromatic carbocycles. The predicted molar refractivity (Wildman–Crippen MR) is 107 cm³/mol. The number of thiophene rings is 1. The monoisotopic (exact) mass is 416 g/mol. The number of nitrogens with one attached hydrogen (secondary N) is 3. The Bertz CT molecular complexity index is 915. The van der Waals surface area contributed by atoms with Crippen LogP contribution in [0.5, 0.6) is 5.75 Å². The average Bonchev–Trinajstić information content (AvgIpc) is 3.29. The second-order valence-corrected chi connectivity index (χ2v) is 7.08. The Labute approximate surface area is 171 Å². The molecule has 0 bridgehead atoms. The van der Waals surface area contributed by atoms with Crippen LogP contribution in [0, 0.1) is 0 Å². The maximum Gasteiger partial charge on any atom is 0.262 e. The van der Waals surface area contributed by atoms with Gasteiger partial charge in [-0.25, -0.2) is 0 Å². The van der Waals surface area contributed by atoms with Crippen LogP contribution >= 0.6 is 11.3 Å². The van der Waals surface area contributed by atoms with Crippen molar-refractivity contribution in [2.75, 3.05) is 31.6 Å². The van der Waals surface area contributed by atoms with Crippen LogP contribution < -0.4 is 25.6 Å². The number of anilines is 1. The minimum atomic E-state index is -0.848. The van der Waals surface area contributed by atoms with E-state index in [1.165, 1.54) is 23.3 Å². The van der Waals surface area contributed by atoms with Crippen molar-refractivity contribution < 1.29 is 23.9 Å². The average molecular weight is 416 g/mol. The van der Waals surface area contributed by atoms with Gasteiger partial charge in [0.15, 0.2) is 6.10 Å². The number of carbonyl (C=O) groups is 4. The number of nitrogens with zero attached hydrogens (tertiary/aromatic N) is 1. The minimum Gasteiger partial charge on any atom is -0.477 e. The number of benzene rings is 1. The number of fused-ring (bicyclic) bond motifs is 1. The maximum absolute atomic E-state index is 12.7. The van der Waals surface area contributed by atoms with Gasteiger partial charge in [-0.3, -0.25) is 19.2 Å². The van der Waals surface area contributed by atoms with Gasteiger partial charge in [-0.2, -0.15) is 0 Å². The summed E-state index contributed by atoms with van der Waals surface area (Å²) in [6, 6.07) is 10.3. The molecule has 0 fully saturated rings. The topological polar surface area (TPSA) is 117 Å². The molecule has 4 amide bonds. The van der Waals surface area contributed by atoms with Gasteiger partial charge in [0.05, 0.1) is 30.2 Å².